The highest BCUT2D eigenvalue weighted by molar-refractivity contribution is 9.10. The minimum atomic E-state index is -3.62. The largest absolute Gasteiger partial charge is 0.218 e. The van der Waals surface area contributed by atoms with E-state index in [0.717, 1.165) is 32.3 Å². The van der Waals surface area contributed by atoms with Crippen LogP contribution in [0, 0.1) is 0 Å². The van der Waals surface area contributed by atoms with Gasteiger partial charge in [-0.2, -0.15) is 0 Å². The summed E-state index contributed by atoms with van der Waals surface area (Å²) in [6, 6.07) is 44.0. The molecule has 6 aromatic rings. The molecule has 0 N–H and O–H groups in total. The van der Waals surface area contributed by atoms with Crippen molar-refractivity contribution in [3.05, 3.63) is 154 Å². The molecule has 0 aromatic heterocycles. The van der Waals surface area contributed by atoms with Crippen LogP contribution in [-0.2, 0) is 15.3 Å². The second-order valence-corrected chi connectivity index (χ2v) is 13.8. The summed E-state index contributed by atoms with van der Waals surface area (Å²) in [6.45, 7) is 0. The van der Waals surface area contributed by atoms with Gasteiger partial charge in [-0.15, -0.1) is 0 Å². The van der Waals surface area contributed by atoms with Crippen LogP contribution >= 0.6 is 15.9 Å². The lowest BCUT2D eigenvalue weighted by molar-refractivity contribution is 0.598. The third kappa shape index (κ3) is 2.79. The quantitative estimate of drug-likeness (QED) is 0.172. The normalized spacial score (nSPS) is 17.9. The average molecular weight is 610 g/mol. The summed E-state index contributed by atoms with van der Waals surface area (Å²) in [5, 5.41) is 0. The molecule has 0 radical (unpaired) electrons. The molecule has 1 atom stereocenters. The van der Waals surface area contributed by atoms with Gasteiger partial charge < -0.3 is 0 Å². The van der Waals surface area contributed by atoms with Gasteiger partial charge in [0.25, 0.3) is 0 Å². The Kier molecular flexibility index (Phi) is 4.54. The van der Waals surface area contributed by atoms with Gasteiger partial charge in [-0.3, -0.25) is 0 Å². The lowest BCUT2D eigenvalue weighted by atomic mass is 9.65. The van der Waals surface area contributed by atoms with E-state index in [9.17, 15) is 8.42 Å². The van der Waals surface area contributed by atoms with Crippen molar-refractivity contribution in [3.63, 3.8) is 0 Å². The average Bonchev–Trinajstić information content (AvgIpc) is 3.38. The highest BCUT2D eigenvalue weighted by atomic mass is 79.9. The lowest BCUT2D eigenvalue weighted by Crippen LogP contribution is -2.29. The number of rotatable bonds is 0. The molecule has 0 saturated carbocycles. The smallest absolute Gasteiger partial charge is 0.207 e. The maximum Gasteiger partial charge on any atom is 0.207 e. The Morgan fingerprint density at radius 1 is 0.415 bits per heavy atom. The molecule has 0 saturated heterocycles. The zero-order valence-electron chi connectivity index (χ0n) is 21.7. The summed E-state index contributed by atoms with van der Waals surface area (Å²) in [7, 11) is -3.62. The molecule has 3 aliphatic rings. The van der Waals surface area contributed by atoms with Gasteiger partial charge in [-0.25, -0.2) is 8.42 Å². The molecule has 1 heterocycles. The second-order valence-electron chi connectivity index (χ2n) is 11.0. The first-order valence-electron chi connectivity index (χ1n) is 13.6. The monoisotopic (exact) mass is 608 g/mol. The number of benzene rings is 6. The van der Waals surface area contributed by atoms with Crippen molar-refractivity contribution in [1.82, 2.24) is 0 Å². The molecule has 9 rings (SSSR count). The summed E-state index contributed by atoms with van der Waals surface area (Å²) in [4.78, 5) is 0.782. The highest BCUT2D eigenvalue weighted by Gasteiger charge is 2.51. The first-order chi connectivity index (χ1) is 20.0. The predicted molar refractivity (Wildman–Crippen MR) is 167 cm³/mol. The van der Waals surface area contributed by atoms with Gasteiger partial charge in [0.1, 0.15) is 0 Å². The lowest BCUT2D eigenvalue weighted by Gasteiger charge is -2.35. The molecule has 0 amide bonds. The fourth-order valence-corrected chi connectivity index (χ4v) is 9.62. The van der Waals surface area contributed by atoms with Crippen LogP contribution in [0.5, 0.6) is 0 Å². The van der Waals surface area contributed by atoms with Crippen molar-refractivity contribution in [1.29, 1.82) is 0 Å². The van der Waals surface area contributed by atoms with Gasteiger partial charge >= 0.3 is 0 Å². The summed E-state index contributed by atoms with van der Waals surface area (Å²) in [5.74, 6) is 0. The van der Waals surface area contributed by atoms with Crippen LogP contribution in [0.3, 0.4) is 0 Å². The van der Waals surface area contributed by atoms with Crippen molar-refractivity contribution >= 4 is 25.8 Å². The van der Waals surface area contributed by atoms with Crippen LogP contribution in [0.25, 0.3) is 44.5 Å². The van der Waals surface area contributed by atoms with E-state index in [0.29, 0.717) is 9.79 Å². The summed E-state index contributed by atoms with van der Waals surface area (Å²) >= 11 is 3.77. The number of fused-ring (bicyclic) bond motifs is 15. The Labute approximate surface area is 247 Å². The molecule has 0 bridgehead atoms. The molecule has 1 aliphatic heterocycles. The first-order valence-corrected chi connectivity index (χ1v) is 15.9. The fraction of sp³-hybridized carbons (Fsp3) is 0.0270. The van der Waals surface area contributed by atoms with Gasteiger partial charge in [0.05, 0.1) is 15.2 Å². The minimum Gasteiger partial charge on any atom is -0.218 e. The highest BCUT2D eigenvalue weighted by Crippen LogP contribution is 2.63. The number of hydrogen-bond acceptors (Lipinski definition) is 2. The maximum absolute atomic E-state index is 13.8. The molecule has 4 heteroatoms. The van der Waals surface area contributed by atoms with Crippen LogP contribution in [0.4, 0.5) is 0 Å². The van der Waals surface area contributed by atoms with E-state index in [1.165, 1.54) is 38.9 Å². The predicted octanol–water partition coefficient (Wildman–Crippen LogP) is 9.27. The minimum absolute atomic E-state index is 0.388. The molecule has 6 aromatic carbocycles. The van der Waals surface area contributed by atoms with E-state index < -0.39 is 15.3 Å². The van der Waals surface area contributed by atoms with Crippen molar-refractivity contribution in [2.24, 2.45) is 0 Å². The SMILES string of the molecule is O=S1(=O)c2ccccc2-c2cc3c(cc21)-c1ccccc1C31c2ccccc2-c2ccccc2-c2cc(Br)ccc21. The van der Waals surface area contributed by atoms with E-state index >= 15 is 0 Å². The third-order valence-electron chi connectivity index (χ3n) is 9.13. The molecule has 2 nitrogen and oxygen atoms in total. The fourth-order valence-electron chi connectivity index (χ4n) is 7.57. The molecule has 1 unspecified atom stereocenters. The number of halogens is 1. The molecule has 1 spiro atoms. The second kappa shape index (κ2) is 7.94. The molecular weight excluding hydrogens is 588 g/mol. The Bertz CT molecular complexity index is 2250. The van der Waals surface area contributed by atoms with Crippen LogP contribution in [0.2, 0.25) is 0 Å². The Morgan fingerprint density at radius 2 is 0.927 bits per heavy atom. The molecular formula is C37H21BrO2S. The first kappa shape index (κ1) is 23.5. The van der Waals surface area contributed by atoms with E-state index in [2.05, 4.69) is 113 Å². The standard InChI is InChI=1S/C37H21BrO2S/c38-22-17-18-33-28(19-22)24-10-2-1-9-23(24)25-11-3-6-14-31(25)37(33)32-15-7-4-12-26(32)29-21-36-30(20-34(29)37)27-13-5-8-16-35(27)41(36,39)40/h1-21H. The van der Waals surface area contributed by atoms with Gasteiger partial charge in [0.2, 0.25) is 9.84 Å². The zero-order valence-corrected chi connectivity index (χ0v) is 24.1. The maximum atomic E-state index is 13.8. The molecule has 41 heavy (non-hydrogen) atoms. The zero-order chi connectivity index (χ0) is 27.5. The van der Waals surface area contributed by atoms with Crippen LogP contribution < -0.4 is 0 Å². The Hall–Kier alpha value is -4.25. The van der Waals surface area contributed by atoms with E-state index in [-0.39, 0.29) is 0 Å². The summed E-state index contributed by atoms with van der Waals surface area (Å²) in [5.41, 5.74) is 12.4. The van der Waals surface area contributed by atoms with Crippen LogP contribution in [-0.4, -0.2) is 8.42 Å². The summed E-state index contributed by atoms with van der Waals surface area (Å²) in [6.07, 6.45) is 0. The molecule has 0 fully saturated rings. The van der Waals surface area contributed by atoms with E-state index in [1.54, 1.807) is 12.1 Å². The van der Waals surface area contributed by atoms with Crippen molar-refractivity contribution in [2.75, 3.05) is 0 Å². The van der Waals surface area contributed by atoms with Crippen LogP contribution in [0.1, 0.15) is 22.3 Å². The topological polar surface area (TPSA) is 34.1 Å². The third-order valence-corrected chi connectivity index (χ3v) is 11.5. The van der Waals surface area contributed by atoms with Gasteiger partial charge in [-0.1, -0.05) is 113 Å². The number of sulfone groups is 1. The van der Waals surface area contributed by atoms with E-state index in [1.807, 2.05) is 18.2 Å². The van der Waals surface area contributed by atoms with Gasteiger partial charge in [-0.05, 0) is 86.0 Å². The Morgan fingerprint density at radius 3 is 1.63 bits per heavy atom. The van der Waals surface area contributed by atoms with Gasteiger partial charge in [0.15, 0.2) is 0 Å². The summed E-state index contributed by atoms with van der Waals surface area (Å²) < 4.78 is 28.6. The van der Waals surface area contributed by atoms with Crippen molar-refractivity contribution in [3.8, 4) is 44.5 Å². The van der Waals surface area contributed by atoms with Gasteiger partial charge in [0, 0.05) is 15.6 Å². The van der Waals surface area contributed by atoms with Crippen molar-refractivity contribution < 1.29 is 8.42 Å². The van der Waals surface area contributed by atoms with Crippen molar-refractivity contribution in [2.45, 2.75) is 15.2 Å². The number of hydrogen-bond donors (Lipinski definition) is 0. The van der Waals surface area contributed by atoms with E-state index in [4.69, 9.17) is 0 Å². The van der Waals surface area contributed by atoms with Crippen LogP contribution in [0.15, 0.2) is 142 Å². The molecule has 194 valence electrons. The Balaban J connectivity index is 1.52. The molecule has 2 aliphatic carbocycles.